The highest BCUT2D eigenvalue weighted by Gasteiger charge is 2.32. The van der Waals surface area contributed by atoms with Crippen LogP contribution in [0.5, 0.6) is 0 Å². The zero-order valence-electron chi connectivity index (χ0n) is 17.2. The Bertz CT molecular complexity index is 980. The maximum absolute atomic E-state index is 12.3. The first kappa shape index (κ1) is 20.2. The maximum Gasteiger partial charge on any atom is 0.254 e. The van der Waals surface area contributed by atoms with Gasteiger partial charge in [0.1, 0.15) is 11.4 Å². The number of carbonyl (C=O) groups excluding carboxylic acids is 2. The molecule has 7 heteroatoms. The third-order valence-corrected chi connectivity index (χ3v) is 6.42. The van der Waals surface area contributed by atoms with Gasteiger partial charge in [-0.3, -0.25) is 9.59 Å². The number of rotatable bonds is 4. The van der Waals surface area contributed by atoms with Crippen LogP contribution in [-0.4, -0.2) is 39.6 Å². The number of nitrogens with two attached hydrogens (primary N) is 2. The number of likely N-dealkylation sites (tertiary alicyclic amines) is 1. The predicted octanol–water partition coefficient (Wildman–Crippen LogP) is 2.58. The molecular formula is C23H29N5O2. The van der Waals surface area contributed by atoms with Crippen LogP contribution in [0.3, 0.4) is 0 Å². The number of carbonyl (C=O) groups is 2. The van der Waals surface area contributed by atoms with Crippen LogP contribution in [-0.2, 0) is 17.6 Å². The van der Waals surface area contributed by atoms with Crippen molar-refractivity contribution in [2.45, 2.75) is 50.5 Å². The molecule has 30 heavy (non-hydrogen) atoms. The molecule has 2 heterocycles. The highest BCUT2D eigenvalue weighted by Crippen LogP contribution is 2.36. The molecule has 1 saturated heterocycles. The van der Waals surface area contributed by atoms with Gasteiger partial charge in [0.2, 0.25) is 5.91 Å². The third kappa shape index (κ3) is 3.72. The molecule has 1 aliphatic heterocycles. The molecule has 2 atom stereocenters. The van der Waals surface area contributed by atoms with E-state index in [2.05, 4.69) is 30.8 Å². The molecule has 4 rings (SSSR count). The summed E-state index contributed by atoms with van der Waals surface area (Å²) in [6.45, 7) is 4.78. The first-order chi connectivity index (χ1) is 14.5. The highest BCUT2D eigenvalue weighted by atomic mass is 16.2. The molecular weight excluding hydrogens is 378 g/mol. The van der Waals surface area contributed by atoms with E-state index in [1.165, 1.54) is 17.2 Å². The van der Waals surface area contributed by atoms with Crippen molar-refractivity contribution in [3.05, 3.63) is 59.3 Å². The average Bonchev–Trinajstić information content (AvgIpc) is 2.96. The minimum atomic E-state index is -0.541. The van der Waals surface area contributed by atoms with E-state index in [0.717, 1.165) is 38.5 Å². The minimum absolute atomic E-state index is 0.0763. The van der Waals surface area contributed by atoms with Crippen molar-refractivity contribution in [2.75, 3.05) is 18.8 Å². The number of fused-ring (bicyclic) bond motifs is 1. The lowest BCUT2D eigenvalue weighted by atomic mass is 9.91. The third-order valence-electron chi connectivity index (χ3n) is 6.42. The van der Waals surface area contributed by atoms with Crippen LogP contribution in [0.1, 0.15) is 64.8 Å². The Hall–Kier alpha value is -3.09. The normalized spacial score (nSPS) is 21.5. The number of nitrogens with zero attached hydrogens (tertiary/aromatic N) is 3. The van der Waals surface area contributed by atoms with Crippen LogP contribution in [0.15, 0.2) is 36.9 Å². The zero-order chi connectivity index (χ0) is 21.3. The largest absolute Gasteiger partial charge is 0.383 e. The van der Waals surface area contributed by atoms with Crippen molar-refractivity contribution >= 4 is 17.6 Å². The topological polar surface area (TPSA) is 107 Å². The van der Waals surface area contributed by atoms with Crippen molar-refractivity contribution < 1.29 is 9.59 Å². The number of hydrogen-bond acceptors (Lipinski definition) is 4. The molecule has 1 aliphatic carbocycles. The van der Waals surface area contributed by atoms with Crippen molar-refractivity contribution in [3.8, 4) is 0 Å². The summed E-state index contributed by atoms with van der Waals surface area (Å²) in [7, 11) is 0. The van der Waals surface area contributed by atoms with Gasteiger partial charge in [0.15, 0.2) is 0 Å². The molecule has 1 unspecified atom stereocenters. The second-order valence-corrected chi connectivity index (χ2v) is 8.30. The fourth-order valence-corrected chi connectivity index (χ4v) is 4.91. The number of benzene rings is 1. The van der Waals surface area contributed by atoms with Crippen LogP contribution in [0.25, 0.3) is 0 Å². The molecule has 0 bridgehead atoms. The fourth-order valence-electron chi connectivity index (χ4n) is 4.91. The van der Waals surface area contributed by atoms with Gasteiger partial charge in [-0.2, -0.15) is 5.10 Å². The van der Waals surface area contributed by atoms with E-state index in [-0.39, 0.29) is 17.9 Å². The van der Waals surface area contributed by atoms with Gasteiger partial charge >= 0.3 is 0 Å². The first-order valence-corrected chi connectivity index (χ1v) is 10.7. The Balaban J connectivity index is 1.68. The van der Waals surface area contributed by atoms with Gasteiger partial charge in [-0.05, 0) is 55.7 Å². The molecule has 4 N–H and O–H groups in total. The molecule has 2 aliphatic rings. The van der Waals surface area contributed by atoms with E-state index in [1.54, 1.807) is 9.58 Å². The van der Waals surface area contributed by atoms with Crippen molar-refractivity contribution in [1.29, 1.82) is 0 Å². The summed E-state index contributed by atoms with van der Waals surface area (Å²) in [5.41, 5.74) is 15.8. The SMILES string of the molecule is C=CC(=O)N1CCC[C@@H](n2nc(C3CCCc4ccccc4C3)c(C(N)=O)c2N)C1. The predicted molar refractivity (Wildman–Crippen MR) is 116 cm³/mol. The number of piperidine rings is 1. The number of aryl methyl sites for hydroxylation is 1. The molecule has 0 spiro atoms. The zero-order valence-corrected chi connectivity index (χ0v) is 17.2. The van der Waals surface area contributed by atoms with E-state index in [9.17, 15) is 9.59 Å². The van der Waals surface area contributed by atoms with Gasteiger partial charge in [0, 0.05) is 19.0 Å². The first-order valence-electron chi connectivity index (χ1n) is 10.7. The van der Waals surface area contributed by atoms with Crippen molar-refractivity contribution in [1.82, 2.24) is 14.7 Å². The molecule has 0 saturated carbocycles. The van der Waals surface area contributed by atoms with E-state index < -0.39 is 5.91 Å². The molecule has 158 valence electrons. The quantitative estimate of drug-likeness (QED) is 0.600. The number of amides is 2. The van der Waals surface area contributed by atoms with Crippen LogP contribution >= 0.6 is 0 Å². The summed E-state index contributed by atoms with van der Waals surface area (Å²) < 4.78 is 1.73. The van der Waals surface area contributed by atoms with Crippen LogP contribution in [0, 0.1) is 0 Å². The lowest BCUT2D eigenvalue weighted by molar-refractivity contribution is -0.127. The van der Waals surface area contributed by atoms with Gasteiger partial charge in [0.05, 0.1) is 11.7 Å². The van der Waals surface area contributed by atoms with Crippen LogP contribution in [0.4, 0.5) is 5.82 Å². The monoisotopic (exact) mass is 407 g/mol. The van der Waals surface area contributed by atoms with E-state index in [1.807, 2.05) is 0 Å². The Morgan fingerprint density at radius 2 is 1.93 bits per heavy atom. The Morgan fingerprint density at radius 3 is 2.67 bits per heavy atom. The Labute approximate surface area is 176 Å². The van der Waals surface area contributed by atoms with Crippen LogP contribution in [0.2, 0.25) is 0 Å². The average molecular weight is 408 g/mol. The van der Waals surface area contributed by atoms with E-state index >= 15 is 0 Å². The lowest BCUT2D eigenvalue weighted by Gasteiger charge is -2.32. The molecule has 2 amide bonds. The Morgan fingerprint density at radius 1 is 1.17 bits per heavy atom. The van der Waals surface area contributed by atoms with Crippen molar-refractivity contribution in [2.24, 2.45) is 5.73 Å². The minimum Gasteiger partial charge on any atom is -0.383 e. The lowest BCUT2D eigenvalue weighted by Crippen LogP contribution is -2.40. The van der Waals surface area contributed by atoms with Crippen molar-refractivity contribution in [3.63, 3.8) is 0 Å². The molecule has 7 nitrogen and oxygen atoms in total. The Kier molecular flexibility index (Phi) is 5.61. The van der Waals surface area contributed by atoms with Crippen LogP contribution < -0.4 is 11.5 Å². The highest BCUT2D eigenvalue weighted by molar-refractivity contribution is 5.98. The number of primary amides is 1. The van der Waals surface area contributed by atoms with Gasteiger partial charge < -0.3 is 16.4 Å². The number of anilines is 1. The van der Waals surface area contributed by atoms with Gasteiger partial charge in [0.25, 0.3) is 5.91 Å². The molecule has 2 aromatic rings. The number of aromatic nitrogens is 2. The standard InChI is InChI=1S/C23H29N5O2/c1-2-19(29)27-12-6-11-18(14-27)28-22(24)20(23(25)30)21(26-28)17-10-5-9-15-7-3-4-8-16(15)13-17/h2-4,7-8,17-18H,1,5-6,9-14,24H2,(H2,25,30)/t17?,18-/m1/s1. The smallest absolute Gasteiger partial charge is 0.254 e. The molecule has 1 aromatic carbocycles. The fraction of sp³-hybridized carbons (Fsp3) is 0.435. The van der Waals surface area contributed by atoms with Gasteiger partial charge in [-0.1, -0.05) is 30.8 Å². The molecule has 0 radical (unpaired) electrons. The summed E-state index contributed by atoms with van der Waals surface area (Å²) >= 11 is 0. The second kappa shape index (κ2) is 8.34. The maximum atomic E-state index is 12.3. The summed E-state index contributed by atoms with van der Waals surface area (Å²) in [5.74, 6) is -0.232. The summed E-state index contributed by atoms with van der Waals surface area (Å²) in [5, 5.41) is 4.84. The summed E-state index contributed by atoms with van der Waals surface area (Å²) in [4.78, 5) is 26.2. The second-order valence-electron chi connectivity index (χ2n) is 8.30. The number of hydrogen-bond donors (Lipinski definition) is 2. The molecule has 1 fully saturated rings. The van der Waals surface area contributed by atoms with E-state index in [4.69, 9.17) is 16.6 Å². The van der Waals surface area contributed by atoms with E-state index in [0.29, 0.717) is 30.2 Å². The number of nitrogen functional groups attached to an aromatic ring is 1. The van der Waals surface area contributed by atoms with Gasteiger partial charge in [-0.25, -0.2) is 4.68 Å². The summed E-state index contributed by atoms with van der Waals surface area (Å²) in [6, 6.07) is 8.37. The summed E-state index contributed by atoms with van der Waals surface area (Å²) in [6.07, 6.45) is 6.82. The van der Waals surface area contributed by atoms with Gasteiger partial charge in [-0.15, -0.1) is 0 Å². The molecule has 1 aromatic heterocycles.